The van der Waals surface area contributed by atoms with Crippen LogP contribution in [0.2, 0.25) is 0 Å². The molecule has 0 bridgehead atoms. The van der Waals surface area contributed by atoms with Crippen LogP contribution in [0, 0.1) is 5.92 Å². The second kappa shape index (κ2) is 5.35. The number of rotatable bonds is 4. The molecular weight excluding hydrogens is 186 g/mol. The molecule has 0 aromatic heterocycles. The van der Waals surface area contributed by atoms with Crippen LogP contribution in [0.25, 0.3) is 6.08 Å². The lowest BCUT2D eigenvalue weighted by Gasteiger charge is -2.06. The summed E-state index contributed by atoms with van der Waals surface area (Å²) in [6, 6.07) is 9.76. The fourth-order valence-electron chi connectivity index (χ4n) is 1.42. The first kappa shape index (κ1) is 11.5. The zero-order valence-electron chi connectivity index (χ0n) is 9.23. The van der Waals surface area contributed by atoms with Gasteiger partial charge in [0.15, 0.2) is 0 Å². The highest BCUT2D eigenvalue weighted by molar-refractivity contribution is 5.96. The molecule has 0 aliphatic heterocycles. The van der Waals surface area contributed by atoms with Crippen LogP contribution in [0.15, 0.2) is 35.9 Å². The highest BCUT2D eigenvalue weighted by Crippen LogP contribution is 2.14. The molecule has 1 aromatic carbocycles. The molecule has 1 aromatic rings. The third-order valence-electron chi connectivity index (χ3n) is 2.09. The zero-order valence-corrected chi connectivity index (χ0v) is 9.23. The number of benzene rings is 1. The highest BCUT2D eigenvalue weighted by Gasteiger charge is 2.07. The Morgan fingerprint density at radius 2 is 1.93 bits per heavy atom. The second-order valence-corrected chi connectivity index (χ2v) is 4.04. The molecule has 1 rings (SSSR count). The molecule has 0 heterocycles. The molecular formula is C13H17NO. The van der Waals surface area contributed by atoms with Crippen LogP contribution in [0.1, 0.15) is 25.8 Å². The van der Waals surface area contributed by atoms with Gasteiger partial charge in [-0.05, 0) is 24.0 Å². The standard InChI is InChI=1S/C13H17NO/c1-10(2)8-12(13(14)15)9-11-6-4-3-5-7-11/h3-7,9-10H,8H2,1-2H3,(H2,14,15). The van der Waals surface area contributed by atoms with Crippen LogP contribution < -0.4 is 5.73 Å². The lowest BCUT2D eigenvalue weighted by atomic mass is 10.0. The molecule has 1 amide bonds. The largest absolute Gasteiger partial charge is 0.366 e. The van der Waals surface area contributed by atoms with Crippen molar-refractivity contribution in [3.05, 3.63) is 41.5 Å². The van der Waals surface area contributed by atoms with Crippen LogP contribution in [0.3, 0.4) is 0 Å². The SMILES string of the molecule is CC(C)CC(=Cc1ccccc1)C(N)=O. The van der Waals surface area contributed by atoms with Gasteiger partial charge in [-0.1, -0.05) is 44.2 Å². The summed E-state index contributed by atoms with van der Waals surface area (Å²) in [5.74, 6) is 0.111. The molecule has 15 heavy (non-hydrogen) atoms. The van der Waals surface area contributed by atoms with Gasteiger partial charge in [0.05, 0.1) is 0 Å². The molecule has 0 saturated heterocycles. The number of nitrogens with two attached hydrogens (primary N) is 1. The second-order valence-electron chi connectivity index (χ2n) is 4.04. The molecule has 2 heteroatoms. The van der Waals surface area contributed by atoms with E-state index in [-0.39, 0.29) is 5.91 Å². The summed E-state index contributed by atoms with van der Waals surface area (Å²) >= 11 is 0. The van der Waals surface area contributed by atoms with Gasteiger partial charge in [0.2, 0.25) is 5.91 Å². The van der Waals surface area contributed by atoms with Crippen molar-refractivity contribution in [1.29, 1.82) is 0 Å². The zero-order chi connectivity index (χ0) is 11.3. The van der Waals surface area contributed by atoms with Crippen molar-refractivity contribution < 1.29 is 4.79 Å². The van der Waals surface area contributed by atoms with Gasteiger partial charge in [-0.3, -0.25) is 4.79 Å². The third-order valence-corrected chi connectivity index (χ3v) is 2.09. The summed E-state index contributed by atoms with van der Waals surface area (Å²) in [5, 5.41) is 0. The van der Waals surface area contributed by atoms with Crippen LogP contribution in [0.4, 0.5) is 0 Å². The van der Waals surface area contributed by atoms with Gasteiger partial charge >= 0.3 is 0 Å². The van der Waals surface area contributed by atoms with Gasteiger partial charge < -0.3 is 5.73 Å². The predicted octanol–water partition coefficient (Wildman–Crippen LogP) is 2.60. The average molecular weight is 203 g/mol. The first-order chi connectivity index (χ1) is 7.09. The highest BCUT2D eigenvalue weighted by atomic mass is 16.1. The van der Waals surface area contributed by atoms with Crippen molar-refractivity contribution in [2.45, 2.75) is 20.3 Å². The maximum atomic E-state index is 11.2. The summed E-state index contributed by atoms with van der Waals surface area (Å²) in [7, 11) is 0. The van der Waals surface area contributed by atoms with Crippen molar-refractivity contribution in [2.24, 2.45) is 11.7 Å². The molecule has 80 valence electrons. The van der Waals surface area contributed by atoms with E-state index in [4.69, 9.17) is 5.73 Å². The van der Waals surface area contributed by atoms with Gasteiger partial charge in [-0.15, -0.1) is 0 Å². The summed E-state index contributed by atoms with van der Waals surface area (Å²) in [4.78, 5) is 11.2. The van der Waals surface area contributed by atoms with E-state index in [0.29, 0.717) is 11.5 Å². The molecule has 0 atom stereocenters. The van der Waals surface area contributed by atoms with Crippen LogP contribution in [0.5, 0.6) is 0 Å². The lowest BCUT2D eigenvalue weighted by Crippen LogP contribution is -2.15. The molecule has 0 fully saturated rings. The quantitative estimate of drug-likeness (QED) is 0.751. The van der Waals surface area contributed by atoms with Crippen LogP contribution >= 0.6 is 0 Å². The van der Waals surface area contributed by atoms with E-state index >= 15 is 0 Å². The Morgan fingerprint density at radius 3 is 2.40 bits per heavy atom. The number of carbonyl (C=O) groups is 1. The summed E-state index contributed by atoms with van der Waals surface area (Å²) in [5.41, 5.74) is 7.04. The van der Waals surface area contributed by atoms with Gasteiger partial charge in [0, 0.05) is 5.57 Å². The summed E-state index contributed by atoms with van der Waals surface area (Å²) in [6.45, 7) is 4.14. The Hall–Kier alpha value is -1.57. The predicted molar refractivity (Wildman–Crippen MR) is 63.1 cm³/mol. The number of primary amides is 1. The van der Waals surface area contributed by atoms with E-state index in [0.717, 1.165) is 12.0 Å². The summed E-state index contributed by atoms with van der Waals surface area (Å²) < 4.78 is 0. The van der Waals surface area contributed by atoms with Crippen molar-refractivity contribution in [1.82, 2.24) is 0 Å². The molecule has 0 spiro atoms. The Labute approximate surface area is 90.8 Å². The number of hydrogen-bond acceptors (Lipinski definition) is 1. The smallest absolute Gasteiger partial charge is 0.244 e. The van der Waals surface area contributed by atoms with Crippen LogP contribution in [-0.4, -0.2) is 5.91 Å². The third kappa shape index (κ3) is 3.98. The van der Waals surface area contributed by atoms with E-state index < -0.39 is 0 Å². The Kier molecular flexibility index (Phi) is 4.10. The van der Waals surface area contributed by atoms with Gasteiger partial charge in [-0.2, -0.15) is 0 Å². The topological polar surface area (TPSA) is 43.1 Å². The summed E-state index contributed by atoms with van der Waals surface area (Å²) in [6.07, 6.45) is 2.59. The maximum absolute atomic E-state index is 11.2. The molecule has 0 aliphatic carbocycles. The van der Waals surface area contributed by atoms with E-state index in [2.05, 4.69) is 13.8 Å². The number of amides is 1. The number of hydrogen-bond donors (Lipinski definition) is 1. The number of carbonyl (C=O) groups excluding carboxylic acids is 1. The Balaban J connectivity index is 2.89. The minimum Gasteiger partial charge on any atom is -0.366 e. The van der Waals surface area contributed by atoms with E-state index in [1.54, 1.807) is 0 Å². The molecule has 0 saturated carbocycles. The van der Waals surface area contributed by atoms with Gasteiger partial charge in [-0.25, -0.2) is 0 Å². The van der Waals surface area contributed by atoms with Gasteiger partial charge in [0.1, 0.15) is 0 Å². The molecule has 0 aliphatic rings. The molecule has 2 nitrogen and oxygen atoms in total. The Bertz CT molecular complexity index is 352. The van der Waals surface area contributed by atoms with Crippen molar-refractivity contribution in [2.75, 3.05) is 0 Å². The fourth-order valence-corrected chi connectivity index (χ4v) is 1.42. The molecule has 2 N–H and O–H groups in total. The van der Waals surface area contributed by atoms with Crippen LogP contribution in [-0.2, 0) is 4.79 Å². The minimum absolute atomic E-state index is 0.326. The minimum atomic E-state index is -0.326. The fraction of sp³-hybridized carbons (Fsp3) is 0.308. The molecule has 0 unspecified atom stereocenters. The van der Waals surface area contributed by atoms with Crippen molar-refractivity contribution in [3.63, 3.8) is 0 Å². The van der Waals surface area contributed by atoms with E-state index in [1.165, 1.54) is 0 Å². The monoisotopic (exact) mass is 203 g/mol. The Morgan fingerprint density at radius 1 is 1.33 bits per heavy atom. The maximum Gasteiger partial charge on any atom is 0.244 e. The lowest BCUT2D eigenvalue weighted by molar-refractivity contribution is -0.114. The first-order valence-corrected chi connectivity index (χ1v) is 5.15. The van der Waals surface area contributed by atoms with Crippen molar-refractivity contribution in [3.8, 4) is 0 Å². The molecule has 0 radical (unpaired) electrons. The van der Waals surface area contributed by atoms with E-state index in [9.17, 15) is 4.79 Å². The average Bonchev–Trinajstić information content (AvgIpc) is 2.17. The first-order valence-electron chi connectivity index (χ1n) is 5.15. The normalized spacial score (nSPS) is 11.8. The van der Waals surface area contributed by atoms with Crippen molar-refractivity contribution >= 4 is 12.0 Å². The van der Waals surface area contributed by atoms with E-state index in [1.807, 2.05) is 36.4 Å². The van der Waals surface area contributed by atoms with Gasteiger partial charge in [0.25, 0.3) is 0 Å².